The summed E-state index contributed by atoms with van der Waals surface area (Å²) in [5.41, 5.74) is 1.09. The van der Waals surface area contributed by atoms with Crippen LogP contribution < -0.4 is 10.2 Å². The first-order valence-corrected chi connectivity index (χ1v) is 6.78. The van der Waals surface area contributed by atoms with E-state index in [4.69, 9.17) is 0 Å². The van der Waals surface area contributed by atoms with Crippen molar-refractivity contribution < 1.29 is 4.39 Å². The summed E-state index contributed by atoms with van der Waals surface area (Å²) in [5.74, 6) is -0.195. The number of halogens is 2. The van der Waals surface area contributed by atoms with E-state index < -0.39 is 0 Å². The number of rotatable bonds is 2. The number of anilines is 1. The van der Waals surface area contributed by atoms with Gasteiger partial charge in [-0.05, 0) is 47.5 Å². The number of hydrogen-bond acceptors (Lipinski definition) is 2. The van der Waals surface area contributed by atoms with E-state index in [1.165, 1.54) is 0 Å². The Balaban J connectivity index is 2.19. The zero-order valence-corrected chi connectivity index (χ0v) is 11.8. The van der Waals surface area contributed by atoms with Crippen molar-refractivity contribution in [1.82, 2.24) is 5.32 Å². The molecule has 1 unspecified atom stereocenters. The molecule has 0 bridgehead atoms. The van der Waals surface area contributed by atoms with Crippen LogP contribution in [0.25, 0.3) is 0 Å². The van der Waals surface area contributed by atoms with Crippen molar-refractivity contribution in [2.45, 2.75) is 25.8 Å². The molecule has 0 aromatic heterocycles. The summed E-state index contributed by atoms with van der Waals surface area (Å²) in [6, 6.07) is 5.34. The van der Waals surface area contributed by atoms with Crippen LogP contribution in [0.4, 0.5) is 10.1 Å². The van der Waals surface area contributed by atoms with Gasteiger partial charge >= 0.3 is 0 Å². The van der Waals surface area contributed by atoms with E-state index in [0.29, 0.717) is 4.47 Å². The molecule has 1 aliphatic rings. The van der Waals surface area contributed by atoms with Crippen LogP contribution in [0, 0.1) is 5.82 Å². The highest BCUT2D eigenvalue weighted by Gasteiger charge is 2.28. The van der Waals surface area contributed by atoms with Crippen molar-refractivity contribution in [3.63, 3.8) is 0 Å². The third kappa shape index (κ3) is 2.80. The Morgan fingerprint density at radius 3 is 2.94 bits per heavy atom. The van der Waals surface area contributed by atoms with Crippen molar-refractivity contribution in [2.75, 3.05) is 24.5 Å². The van der Waals surface area contributed by atoms with Crippen LogP contribution in [-0.4, -0.2) is 25.2 Å². The van der Waals surface area contributed by atoms with Crippen molar-refractivity contribution >= 4 is 21.6 Å². The summed E-state index contributed by atoms with van der Waals surface area (Å²) in [6.45, 7) is 7.19. The molecule has 1 aromatic rings. The summed E-state index contributed by atoms with van der Waals surface area (Å²) >= 11 is 3.18. The van der Waals surface area contributed by atoms with Crippen LogP contribution in [-0.2, 0) is 0 Å². The van der Waals surface area contributed by atoms with Gasteiger partial charge in [0.05, 0.1) is 4.47 Å². The molecule has 1 fully saturated rings. The Bertz CT molecular complexity index is 410. The predicted molar refractivity (Wildman–Crippen MR) is 73.0 cm³/mol. The molecule has 94 valence electrons. The smallest absolute Gasteiger partial charge is 0.139 e. The van der Waals surface area contributed by atoms with Crippen LogP contribution in [0.15, 0.2) is 22.7 Å². The molecular formula is C13H18BrFN2. The lowest BCUT2D eigenvalue weighted by molar-refractivity contribution is 0.314. The summed E-state index contributed by atoms with van der Waals surface area (Å²) in [7, 11) is 0. The van der Waals surface area contributed by atoms with E-state index in [1.807, 2.05) is 6.07 Å². The van der Waals surface area contributed by atoms with E-state index in [9.17, 15) is 4.39 Å². The minimum atomic E-state index is -0.195. The molecule has 4 heteroatoms. The second kappa shape index (κ2) is 4.94. The zero-order valence-electron chi connectivity index (χ0n) is 10.3. The van der Waals surface area contributed by atoms with Gasteiger partial charge in [0, 0.05) is 30.9 Å². The molecule has 1 N–H and O–H groups in total. The fraction of sp³-hybridized carbons (Fsp3) is 0.538. The van der Waals surface area contributed by atoms with Crippen molar-refractivity contribution in [1.29, 1.82) is 0 Å². The first-order valence-electron chi connectivity index (χ1n) is 5.99. The second-order valence-electron chi connectivity index (χ2n) is 4.86. The van der Waals surface area contributed by atoms with E-state index >= 15 is 0 Å². The Kier molecular flexibility index (Phi) is 3.73. The molecule has 1 aliphatic heterocycles. The SMILES string of the molecule is CCC1(C)CN(c2ccc(Br)c(F)c2)CCN1. The second-order valence-corrected chi connectivity index (χ2v) is 5.72. The van der Waals surface area contributed by atoms with E-state index in [0.717, 1.165) is 31.7 Å². The lowest BCUT2D eigenvalue weighted by Gasteiger charge is -2.42. The van der Waals surface area contributed by atoms with Gasteiger partial charge in [-0.25, -0.2) is 4.39 Å². The zero-order chi connectivity index (χ0) is 12.5. The average molecular weight is 301 g/mol. The van der Waals surface area contributed by atoms with Gasteiger partial charge < -0.3 is 10.2 Å². The molecular weight excluding hydrogens is 283 g/mol. The van der Waals surface area contributed by atoms with Crippen LogP contribution >= 0.6 is 15.9 Å². The van der Waals surface area contributed by atoms with E-state index in [2.05, 4.69) is 40.0 Å². The molecule has 1 saturated heterocycles. The quantitative estimate of drug-likeness (QED) is 0.902. The normalized spacial score (nSPS) is 25.1. The molecule has 1 heterocycles. The number of nitrogens with zero attached hydrogens (tertiary/aromatic N) is 1. The minimum Gasteiger partial charge on any atom is -0.368 e. The Hall–Kier alpha value is -0.610. The van der Waals surface area contributed by atoms with Crippen molar-refractivity contribution in [3.05, 3.63) is 28.5 Å². The molecule has 17 heavy (non-hydrogen) atoms. The van der Waals surface area contributed by atoms with Gasteiger partial charge in [-0.3, -0.25) is 0 Å². The number of piperazine rings is 1. The molecule has 0 saturated carbocycles. The van der Waals surface area contributed by atoms with Gasteiger partial charge in [0.15, 0.2) is 0 Å². The summed E-state index contributed by atoms with van der Waals surface area (Å²) in [5, 5.41) is 3.53. The van der Waals surface area contributed by atoms with Gasteiger partial charge in [-0.2, -0.15) is 0 Å². The van der Waals surface area contributed by atoms with Gasteiger partial charge in [-0.1, -0.05) is 6.92 Å². The Morgan fingerprint density at radius 1 is 1.53 bits per heavy atom. The summed E-state index contributed by atoms with van der Waals surface area (Å²) in [6.07, 6.45) is 1.07. The summed E-state index contributed by atoms with van der Waals surface area (Å²) < 4.78 is 14.0. The standard InChI is InChI=1S/C13H18BrFN2/c1-3-13(2)9-17(7-6-16-13)10-4-5-11(14)12(15)8-10/h4-5,8,16H,3,6-7,9H2,1-2H3. The Morgan fingerprint density at radius 2 is 2.29 bits per heavy atom. The topological polar surface area (TPSA) is 15.3 Å². The highest BCUT2D eigenvalue weighted by atomic mass is 79.9. The molecule has 0 spiro atoms. The van der Waals surface area contributed by atoms with Gasteiger partial charge in [0.1, 0.15) is 5.82 Å². The third-order valence-corrected chi connectivity index (χ3v) is 4.17. The minimum absolute atomic E-state index is 0.127. The number of nitrogens with one attached hydrogen (secondary N) is 1. The highest BCUT2D eigenvalue weighted by Crippen LogP contribution is 2.25. The van der Waals surface area contributed by atoms with Crippen molar-refractivity contribution in [2.24, 2.45) is 0 Å². The number of hydrogen-bond donors (Lipinski definition) is 1. The number of benzene rings is 1. The lowest BCUT2D eigenvalue weighted by Crippen LogP contribution is -2.58. The molecule has 0 aliphatic carbocycles. The van der Waals surface area contributed by atoms with Crippen molar-refractivity contribution in [3.8, 4) is 0 Å². The molecule has 1 aromatic carbocycles. The van der Waals surface area contributed by atoms with Gasteiger partial charge in [0.25, 0.3) is 0 Å². The third-order valence-electron chi connectivity index (χ3n) is 3.52. The highest BCUT2D eigenvalue weighted by molar-refractivity contribution is 9.10. The maximum atomic E-state index is 13.5. The van der Waals surface area contributed by atoms with E-state index in [-0.39, 0.29) is 11.4 Å². The first kappa shape index (κ1) is 12.8. The van der Waals surface area contributed by atoms with E-state index in [1.54, 1.807) is 12.1 Å². The van der Waals surface area contributed by atoms with Crippen LogP contribution in [0.5, 0.6) is 0 Å². The van der Waals surface area contributed by atoms with Crippen LogP contribution in [0.3, 0.4) is 0 Å². The fourth-order valence-electron chi connectivity index (χ4n) is 2.19. The fourth-order valence-corrected chi connectivity index (χ4v) is 2.43. The lowest BCUT2D eigenvalue weighted by atomic mass is 9.95. The van der Waals surface area contributed by atoms with Gasteiger partial charge in [0.2, 0.25) is 0 Å². The molecule has 1 atom stereocenters. The molecule has 0 amide bonds. The summed E-state index contributed by atoms with van der Waals surface area (Å²) in [4.78, 5) is 2.25. The average Bonchev–Trinajstić information content (AvgIpc) is 2.33. The largest absolute Gasteiger partial charge is 0.368 e. The first-order chi connectivity index (χ1) is 8.04. The predicted octanol–water partition coefficient (Wildman–Crippen LogP) is 3.17. The molecule has 2 nitrogen and oxygen atoms in total. The van der Waals surface area contributed by atoms with Crippen LogP contribution in [0.2, 0.25) is 0 Å². The van der Waals surface area contributed by atoms with Crippen LogP contribution in [0.1, 0.15) is 20.3 Å². The van der Waals surface area contributed by atoms with Gasteiger partial charge in [-0.15, -0.1) is 0 Å². The maximum Gasteiger partial charge on any atom is 0.139 e. The Labute approximate surface area is 110 Å². The molecule has 0 radical (unpaired) electrons. The monoisotopic (exact) mass is 300 g/mol. The molecule has 2 rings (SSSR count). The maximum absolute atomic E-state index is 13.5.